The highest BCUT2D eigenvalue weighted by atomic mass is 32.1. The van der Waals surface area contributed by atoms with Crippen molar-refractivity contribution in [2.24, 2.45) is 11.1 Å². The fourth-order valence-corrected chi connectivity index (χ4v) is 3.70. The smallest absolute Gasteiger partial charge is 0.362 e. The lowest BCUT2D eigenvalue weighted by molar-refractivity contribution is -0.179. The summed E-state index contributed by atoms with van der Waals surface area (Å²) in [5.41, 5.74) is -2.16. The van der Waals surface area contributed by atoms with Gasteiger partial charge in [0.2, 0.25) is 17.2 Å². The molecule has 0 atom stereocenters. The van der Waals surface area contributed by atoms with Crippen molar-refractivity contribution in [1.29, 1.82) is 0 Å². The topological polar surface area (TPSA) is 116 Å². The lowest BCUT2D eigenvalue weighted by Gasteiger charge is -2.26. The molecule has 1 aliphatic carbocycles. The molecular formula is C22H33N3O6S. The van der Waals surface area contributed by atoms with Crippen LogP contribution in [0.1, 0.15) is 79.3 Å². The molecule has 178 valence electrons. The third-order valence-corrected chi connectivity index (χ3v) is 5.44. The molecule has 1 N–H and O–H groups in total. The molecule has 10 heteroatoms. The van der Waals surface area contributed by atoms with E-state index in [-0.39, 0.29) is 29.8 Å². The van der Waals surface area contributed by atoms with E-state index in [1.807, 2.05) is 0 Å². The summed E-state index contributed by atoms with van der Waals surface area (Å²) in [5, 5.41) is 8.65. The molecule has 0 saturated heterocycles. The average Bonchev–Trinajstić information content (AvgIpc) is 3.15. The minimum atomic E-state index is -1.45. The minimum absolute atomic E-state index is 0.0211. The molecule has 0 bridgehead atoms. The SMILES string of the molecule is CCOC(=O)C(=NOC(C)(C)C(=O)OC(C)(C)C)c1csc(NC(=O)C2CCCCC2)n1. The summed E-state index contributed by atoms with van der Waals surface area (Å²) in [6.45, 7) is 10.0. The summed E-state index contributed by atoms with van der Waals surface area (Å²) >= 11 is 1.17. The zero-order valence-electron chi connectivity index (χ0n) is 19.6. The Morgan fingerprint density at radius 1 is 1.16 bits per heavy atom. The number of anilines is 1. The molecule has 1 aromatic rings. The van der Waals surface area contributed by atoms with Gasteiger partial charge in [0.05, 0.1) is 6.61 Å². The Hall–Kier alpha value is -2.49. The zero-order valence-corrected chi connectivity index (χ0v) is 20.5. The second kappa shape index (κ2) is 10.9. The summed E-state index contributed by atoms with van der Waals surface area (Å²) in [5.74, 6) is -1.46. The van der Waals surface area contributed by atoms with Crippen LogP contribution in [0, 0.1) is 5.92 Å². The Labute approximate surface area is 192 Å². The molecule has 1 fully saturated rings. The number of rotatable bonds is 8. The molecule has 0 spiro atoms. The van der Waals surface area contributed by atoms with E-state index in [1.165, 1.54) is 25.2 Å². The third kappa shape index (κ3) is 7.58. The first kappa shape index (κ1) is 25.8. The third-order valence-electron chi connectivity index (χ3n) is 4.68. The molecule has 0 unspecified atom stereocenters. The highest BCUT2D eigenvalue weighted by molar-refractivity contribution is 7.14. The predicted octanol–water partition coefficient (Wildman–Crippen LogP) is 4.07. The fourth-order valence-electron chi connectivity index (χ4n) is 3.00. The molecule has 1 aliphatic rings. The summed E-state index contributed by atoms with van der Waals surface area (Å²) < 4.78 is 10.4. The van der Waals surface area contributed by atoms with Crippen LogP contribution < -0.4 is 5.32 Å². The van der Waals surface area contributed by atoms with Crippen molar-refractivity contribution in [2.45, 2.75) is 84.8 Å². The number of nitrogens with one attached hydrogen (secondary N) is 1. The summed E-state index contributed by atoms with van der Waals surface area (Å²) in [7, 11) is 0. The lowest BCUT2D eigenvalue weighted by Crippen LogP contribution is -2.40. The molecule has 0 radical (unpaired) electrons. The molecule has 1 heterocycles. The quantitative estimate of drug-likeness (QED) is 0.348. The highest BCUT2D eigenvalue weighted by Crippen LogP contribution is 2.26. The van der Waals surface area contributed by atoms with Gasteiger partial charge in [-0.15, -0.1) is 11.3 Å². The van der Waals surface area contributed by atoms with Crippen molar-refractivity contribution in [3.05, 3.63) is 11.1 Å². The van der Waals surface area contributed by atoms with Gasteiger partial charge in [-0.25, -0.2) is 14.6 Å². The van der Waals surface area contributed by atoms with E-state index in [4.69, 9.17) is 14.3 Å². The van der Waals surface area contributed by atoms with E-state index < -0.39 is 23.1 Å². The number of esters is 2. The van der Waals surface area contributed by atoms with Crippen LogP contribution in [0.2, 0.25) is 0 Å². The lowest BCUT2D eigenvalue weighted by atomic mass is 9.89. The second-order valence-corrected chi connectivity index (χ2v) is 9.98. The molecule has 0 aliphatic heterocycles. The van der Waals surface area contributed by atoms with Gasteiger partial charge in [-0.05, 0) is 54.4 Å². The first-order valence-electron chi connectivity index (χ1n) is 10.9. The number of hydrogen-bond acceptors (Lipinski definition) is 9. The molecular weight excluding hydrogens is 434 g/mol. The number of nitrogens with zero attached hydrogens (tertiary/aromatic N) is 2. The number of thiazole rings is 1. The molecule has 2 rings (SSSR count). The standard InChI is InChI=1S/C22H33N3O6S/c1-7-29-18(27)16(25-31-22(5,6)19(28)30-21(2,3)4)15-13-32-20(23-15)24-17(26)14-11-9-8-10-12-14/h13-14H,7-12H2,1-6H3,(H,23,24,26). The van der Waals surface area contributed by atoms with Crippen molar-refractivity contribution in [2.75, 3.05) is 11.9 Å². The number of amides is 1. The summed E-state index contributed by atoms with van der Waals surface area (Å²) in [4.78, 5) is 47.1. The Balaban J connectivity index is 2.17. The van der Waals surface area contributed by atoms with Crippen molar-refractivity contribution in [3.8, 4) is 0 Å². The van der Waals surface area contributed by atoms with Gasteiger partial charge < -0.3 is 19.6 Å². The molecule has 1 amide bonds. The molecule has 0 aromatic carbocycles. The van der Waals surface area contributed by atoms with Gasteiger partial charge in [0, 0.05) is 11.3 Å². The van der Waals surface area contributed by atoms with Gasteiger partial charge in [0.15, 0.2) is 5.13 Å². The monoisotopic (exact) mass is 467 g/mol. The van der Waals surface area contributed by atoms with E-state index in [9.17, 15) is 14.4 Å². The normalized spacial score (nSPS) is 15.8. The van der Waals surface area contributed by atoms with Crippen LogP contribution in [0.25, 0.3) is 0 Å². The van der Waals surface area contributed by atoms with Gasteiger partial charge in [-0.1, -0.05) is 24.4 Å². The number of aromatic nitrogens is 1. The van der Waals surface area contributed by atoms with Crippen LogP contribution >= 0.6 is 11.3 Å². The minimum Gasteiger partial charge on any atom is -0.461 e. The Morgan fingerprint density at radius 2 is 1.81 bits per heavy atom. The molecule has 32 heavy (non-hydrogen) atoms. The molecule has 1 aromatic heterocycles. The van der Waals surface area contributed by atoms with Crippen molar-refractivity contribution in [1.82, 2.24) is 4.98 Å². The maximum atomic E-state index is 12.5. The van der Waals surface area contributed by atoms with Gasteiger partial charge in [0.25, 0.3) is 0 Å². The van der Waals surface area contributed by atoms with Crippen LogP contribution in [0.5, 0.6) is 0 Å². The first-order chi connectivity index (χ1) is 14.9. The van der Waals surface area contributed by atoms with E-state index in [1.54, 1.807) is 33.1 Å². The van der Waals surface area contributed by atoms with Gasteiger partial charge >= 0.3 is 11.9 Å². The maximum absolute atomic E-state index is 12.5. The van der Waals surface area contributed by atoms with E-state index in [0.717, 1.165) is 32.1 Å². The van der Waals surface area contributed by atoms with Crippen molar-refractivity contribution in [3.63, 3.8) is 0 Å². The Kier molecular flexibility index (Phi) is 8.77. The number of carbonyl (C=O) groups excluding carboxylic acids is 3. The molecule has 1 saturated carbocycles. The summed E-state index contributed by atoms with van der Waals surface area (Å²) in [6, 6.07) is 0. The van der Waals surface area contributed by atoms with E-state index >= 15 is 0 Å². The number of oxime groups is 1. The maximum Gasteiger partial charge on any atom is 0.362 e. The molecule has 9 nitrogen and oxygen atoms in total. The average molecular weight is 468 g/mol. The zero-order chi connectivity index (χ0) is 23.9. The number of ether oxygens (including phenoxy) is 2. The van der Waals surface area contributed by atoms with Crippen molar-refractivity contribution >= 4 is 40.0 Å². The predicted molar refractivity (Wildman–Crippen MR) is 121 cm³/mol. The van der Waals surface area contributed by atoms with E-state index in [0.29, 0.717) is 5.13 Å². The van der Waals surface area contributed by atoms with Crippen LogP contribution in [-0.2, 0) is 28.7 Å². The van der Waals surface area contributed by atoms with Crippen LogP contribution in [0.4, 0.5) is 5.13 Å². The van der Waals surface area contributed by atoms with Crippen LogP contribution in [0.3, 0.4) is 0 Å². The Morgan fingerprint density at radius 3 is 2.41 bits per heavy atom. The summed E-state index contributed by atoms with van der Waals surface area (Å²) in [6.07, 6.45) is 4.99. The highest BCUT2D eigenvalue weighted by Gasteiger charge is 2.36. The van der Waals surface area contributed by atoms with Crippen LogP contribution in [0.15, 0.2) is 10.5 Å². The van der Waals surface area contributed by atoms with Gasteiger partial charge in [0.1, 0.15) is 11.3 Å². The van der Waals surface area contributed by atoms with Gasteiger partial charge in [-0.3, -0.25) is 4.79 Å². The van der Waals surface area contributed by atoms with Crippen molar-refractivity contribution < 1.29 is 28.7 Å². The number of hydrogen-bond donors (Lipinski definition) is 1. The van der Waals surface area contributed by atoms with Crippen LogP contribution in [-0.4, -0.2) is 46.4 Å². The first-order valence-corrected chi connectivity index (χ1v) is 11.7. The van der Waals surface area contributed by atoms with E-state index in [2.05, 4.69) is 15.5 Å². The largest absolute Gasteiger partial charge is 0.461 e. The Bertz CT molecular complexity index is 850. The van der Waals surface area contributed by atoms with Gasteiger partial charge in [-0.2, -0.15) is 0 Å². The second-order valence-electron chi connectivity index (χ2n) is 9.13. The fraction of sp³-hybridized carbons (Fsp3) is 0.682. The number of carbonyl (C=O) groups is 3.